The summed E-state index contributed by atoms with van der Waals surface area (Å²) < 4.78 is 10.8. The number of aryl methyl sites for hydroxylation is 2. The number of aliphatic carboxylic acids is 1. The standard InChI is InChI=1S/C18H20O4/c1-12-7-8-13(2)14(9-12)10-17(18(19)20)22-16-6-4-5-15(11-16)21-3/h4-9,11,17H,10H2,1-3H3,(H,19,20). The topological polar surface area (TPSA) is 55.8 Å². The summed E-state index contributed by atoms with van der Waals surface area (Å²) in [6.07, 6.45) is -0.618. The minimum absolute atomic E-state index is 0.320. The first-order valence-corrected chi connectivity index (χ1v) is 7.09. The molecule has 0 spiro atoms. The smallest absolute Gasteiger partial charge is 0.345 e. The maximum atomic E-state index is 11.5. The summed E-state index contributed by atoms with van der Waals surface area (Å²) in [4.78, 5) is 11.5. The van der Waals surface area contributed by atoms with Crippen LogP contribution in [0.1, 0.15) is 16.7 Å². The molecule has 0 radical (unpaired) electrons. The second-order valence-electron chi connectivity index (χ2n) is 5.26. The predicted octanol–water partition coefficient (Wildman–Crippen LogP) is 3.39. The molecule has 4 nitrogen and oxygen atoms in total. The molecule has 1 atom stereocenters. The lowest BCUT2D eigenvalue weighted by atomic mass is 10.00. The number of rotatable bonds is 6. The minimum atomic E-state index is -0.983. The molecule has 22 heavy (non-hydrogen) atoms. The first-order chi connectivity index (χ1) is 10.5. The number of benzene rings is 2. The van der Waals surface area contributed by atoms with Crippen LogP contribution < -0.4 is 9.47 Å². The van der Waals surface area contributed by atoms with E-state index < -0.39 is 12.1 Å². The van der Waals surface area contributed by atoms with E-state index in [1.54, 1.807) is 31.4 Å². The summed E-state index contributed by atoms with van der Waals surface area (Å²) in [5.41, 5.74) is 3.15. The Kier molecular flexibility index (Phi) is 5.04. The van der Waals surface area contributed by atoms with Gasteiger partial charge in [-0.25, -0.2) is 4.79 Å². The number of ether oxygens (including phenoxy) is 2. The molecule has 0 aliphatic rings. The van der Waals surface area contributed by atoms with Gasteiger partial charge in [0.25, 0.3) is 0 Å². The van der Waals surface area contributed by atoms with Gasteiger partial charge in [-0.2, -0.15) is 0 Å². The number of carboxylic acid groups (broad SMARTS) is 1. The fourth-order valence-electron chi connectivity index (χ4n) is 2.24. The molecule has 0 aliphatic heterocycles. The third-order valence-corrected chi connectivity index (χ3v) is 3.50. The Bertz CT molecular complexity index is 664. The third kappa shape index (κ3) is 4.01. The molecule has 2 aromatic carbocycles. The SMILES string of the molecule is COc1cccc(OC(Cc2cc(C)ccc2C)C(=O)O)c1. The fraction of sp³-hybridized carbons (Fsp3) is 0.278. The normalized spacial score (nSPS) is 11.8. The molecule has 0 saturated heterocycles. The second-order valence-corrected chi connectivity index (χ2v) is 5.26. The highest BCUT2D eigenvalue weighted by Gasteiger charge is 2.21. The first kappa shape index (κ1) is 15.9. The Labute approximate surface area is 130 Å². The molecule has 2 rings (SSSR count). The average Bonchev–Trinajstić information content (AvgIpc) is 2.50. The summed E-state index contributed by atoms with van der Waals surface area (Å²) in [6.45, 7) is 3.96. The number of hydrogen-bond donors (Lipinski definition) is 1. The van der Waals surface area contributed by atoms with Crippen LogP contribution in [-0.4, -0.2) is 24.3 Å². The largest absolute Gasteiger partial charge is 0.497 e. The maximum Gasteiger partial charge on any atom is 0.345 e. The molecule has 1 N–H and O–H groups in total. The molecular weight excluding hydrogens is 280 g/mol. The Morgan fingerprint density at radius 1 is 1.14 bits per heavy atom. The quantitative estimate of drug-likeness (QED) is 0.888. The molecule has 0 aromatic heterocycles. The Hall–Kier alpha value is -2.49. The highest BCUT2D eigenvalue weighted by Crippen LogP contribution is 2.22. The van der Waals surface area contributed by atoms with Gasteiger partial charge in [-0.05, 0) is 37.1 Å². The Morgan fingerprint density at radius 2 is 1.86 bits per heavy atom. The molecule has 0 saturated carbocycles. The Morgan fingerprint density at radius 3 is 2.55 bits per heavy atom. The zero-order valence-electron chi connectivity index (χ0n) is 13.0. The first-order valence-electron chi connectivity index (χ1n) is 7.09. The van der Waals surface area contributed by atoms with Gasteiger partial charge in [-0.15, -0.1) is 0 Å². The third-order valence-electron chi connectivity index (χ3n) is 3.50. The van der Waals surface area contributed by atoms with Crippen LogP contribution in [0.3, 0.4) is 0 Å². The maximum absolute atomic E-state index is 11.5. The zero-order valence-corrected chi connectivity index (χ0v) is 13.0. The van der Waals surface area contributed by atoms with Crippen molar-refractivity contribution >= 4 is 5.97 Å². The number of carbonyl (C=O) groups is 1. The van der Waals surface area contributed by atoms with Gasteiger partial charge in [-0.3, -0.25) is 0 Å². The van der Waals surface area contributed by atoms with Gasteiger partial charge in [0.1, 0.15) is 11.5 Å². The van der Waals surface area contributed by atoms with Gasteiger partial charge >= 0.3 is 5.97 Å². The molecule has 0 fully saturated rings. The van der Waals surface area contributed by atoms with Crippen molar-refractivity contribution in [1.82, 2.24) is 0 Å². The summed E-state index contributed by atoms with van der Waals surface area (Å²) >= 11 is 0. The number of carboxylic acids is 1. The molecule has 0 amide bonds. The minimum Gasteiger partial charge on any atom is -0.497 e. The number of hydrogen-bond acceptors (Lipinski definition) is 3. The van der Waals surface area contributed by atoms with E-state index >= 15 is 0 Å². The summed E-state index contributed by atoms with van der Waals surface area (Å²) in [5.74, 6) is 0.133. The van der Waals surface area contributed by atoms with E-state index in [1.165, 1.54) is 0 Å². The van der Waals surface area contributed by atoms with Crippen molar-refractivity contribution in [3.8, 4) is 11.5 Å². The van der Waals surface area contributed by atoms with Crippen LogP contribution in [0.5, 0.6) is 11.5 Å². The van der Waals surface area contributed by atoms with Gasteiger partial charge in [-0.1, -0.05) is 29.8 Å². The van der Waals surface area contributed by atoms with Crippen LogP contribution in [0.25, 0.3) is 0 Å². The van der Waals surface area contributed by atoms with Gasteiger partial charge < -0.3 is 14.6 Å². The van der Waals surface area contributed by atoms with Crippen molar-refractivity contribution in [2.45, 2.75) is 26.4 Å². The van der Waals surface area contributed by atoms with Crippen LogP contribution in [0.2, 0.25) is 0 Å². The molecule has 116 valence electrons. The van der Waals surface area contributed by atoms with Gasteiger partial charge in [0.2, 0.25) is 0 Å². The lowest BCUT2D eigenvalue weighted by Gasteiger charge is -2.17. The summed E-state index contributed by atoms with van der Waals surface area (Å²) in [5, 5.41) is 9.43. The van der Waals surface area contributed by atoms with E-state index in [4.69, 9.17) is 9.47 Å². The molecule has 1 unspecified atom stereocenters. The van der Waals surface area contributed by atoms with E-state index in [0.29, 0.717) is 17.9 Å². The molecule has 0 bridgehead atoms. The lowest BCUT2D eigenvalue weighted by Crippen LogP contribution is -2.29. The highest BCUT2D eigenvalue weighted by molar-refractivity contribution is 5.73. The fourth-order valence-corrected chi connectivity index (χ4v) is 2.24. The van der Waals surface area contributed by atoms with Gasteiger partial charge in [0.15, 0.2) is 6.10 Å². The van der Waals surface area contributed by atoms with E-state index in [2.05, 4.69) is 0 Å². The molecular formula is C18H20O4. The monoisotopic (exact) mass is 300 g/mol. The molecule has 0 heterocycles. The van der Waals surface area contributed by atoms with Crippen LogP contribution >= 0.6 is 0 Å². The Balaban J connectivity index is 2.19. The molecule has 4 heteroatoms. The van der Waals surface area contributed by atoms with Crippen molar-refractivity contribution in [3.05, 3.63) is 59.2 Å². The highest BCUT2D eigenvalue weighted by atomic mass is 16.5. The van der Waals surface area contributed by atoms with Crippen molar-refractivity contribution in [3.63, 3.8) is 0 Å². The number of methoxy groups -OCH3 is 1. The molecule has 2 aromatic rings. The summed E-state index contributed by atoms with van der Waals surface area (Å²) in [7, 11) is 1.56. The summed E-state index contributed by atoms with van der Waals surface area (Å²) in [6, 6.07) is 13.0. The van der Waals surface area contributed by atoms with Crippen LogP contribution in [0.15, 0.2) is 42.5 Å². The lowest BCUT2D eigenvalue weighted by molar-refractivity contribution is -0.145. The second kappa shape index (κ2) is 6.98. The van der Waals surface area contributed by atoms with Crippen molar-refractivity contribution < 1.29 is 19.4 Å². The van der Waals surface area contributed by atoms with E-state index in [0.717, 1.165) is 16.7 Å². The average molecular weight is 300 g/mol. The van der Waals surface area contributed by atoms with Crippen LogP contribution in [-0.2, 0) is 11.2 Å². The van der Waals surface area contributed by atoms with Crippen molar-refractivity contribution in [2.75, 3.05) is 7.11 Å². The molecule has 0 aliphatic carbocycles. The van der Waals surface area contributed by atoms with Gasteiger partial charge in [0, 0.05) is 12.5 Å². The van der Waals surface area contributed by atoms with Crippen molar-refractivity contribution in [2.24, 2.45) is 0 Å². The zero-order chi connectivity index (χ0) is 16.1. The van der Waals surface area contributed by atoms with E-state index in [-0.39, 0.29) is 0 Å². The van der Waals surface area contributed by atoms with Crippen LogP contribution in [0, 0.1) is 13.8 Å². The van der Waals surface area contributed by atoms with E-state index in [1.807, 2.05) is 32.0 Å². The predicted molar refractivity (Wildman–Crippen MR) is 84.7 cm³/mol. The van der Waals surface area contributed by atoms with Crippen LogP contribution in [0.4, 0.5) is 0 Å². The van der Waals surface area contributed by atoms with Gasteiger partial charge in [0.05, 0.1) is 7.11 Å². The van der Waals surface area contributed by atoms with Crippen molar-refractivity contribution in [1.29, 1.82) is 0 Å². The van der Waals surface area contributed by atoms with E-state index in [9.17, 15) is 9.90 Å².